The number of rotatable bonds is 14. The van der Waals surface area contributed by atoms with Crippen molar-refractivity contribution in [1.82, 2.24) is 0 Å². The second kappa shape index (κ2) is 13.7. The van der Waals surface area contributed by atoms with Crippen molar-refractivity contribution in [2.75, 3.05) is 0 Å². The Morgan fingerprint density at radius 2 is 0.659 bits per heavy atom. The molecule has 0 unspecified atom stereocenters. The summed E-state index contributed by atoms with van der Waals surface area (Å²) in [6, 6.07) is 49.0. The van der Waals surface area contributed by atoms with E-state index in [4.69, 9.17) is 22.1 Å². The molecular formula is C34H34O5Si2. The van der Waals surface area contributed by atoms with Crippen LogP contribution in [0.5, 0.6) is 28.7 Å². The van der Waals surface area contributed by atoms with Gasteiger partial charge in [-0.3, -0.25) is 0 Å². The summed E-state index contributed by atoms with van der Waals surface area (Å²) in [7, 11) is -7.66. The molecule has 0 heterocycles. The zero-order valence-electron chi connectivity index (χ0n) is 23.1. The summed E-state index contributed by atoms with van der Waals surface area (Å²) in [5.41, 5.74) is 0. The zero-order chi connectivity index (χ0) is 28.2. The molecule has 0 aliphatic carbocycles. The van der Waals surface area contributed by atoms with E-state index in [-0.39, 0.29) is 0 Å². The number of hydrogen-bond donors (Lipinski definition) is 0. The summed E-state index contributed by atoms with van der Waals surface area (Å²) in [4.78, 5) is 0. The fraction of sp³-hybridized carbons (Fsp3) is 0.118. The highest BCUT2D eigenvalue weighted by Crippen LogP contribution is 2.36. The van der Waals surface area contributed by atoms with Crippen LogP contribution in [-0.4, -0.2) is 16.4 Å². The maximum Gasteiger partial charge on any atom is 0.759 e. The highest BCUT2D eigenvalue weighted by molar-refractivity contribution is 7.30. The Morgan fingerprint density at radius 3 is 0.927 bits per heavy atom. The molecule has 0 aliphatic heterocycles. The van der Waals surface area contributed by atoms with E-state index in [1.807, 2.05) is 152 Å². The van der Waals surface area contributed by atoms with Crippen LogP contribution in [-0.2, 0) is 0 Å². The molecule has 5 nitrogen and oxygen atoms in total. The van der Waals surface area contributed by atoms with E-state index >= 15 is 0 Å². The summed E-state index contributed by atoms with van der Waals surface area (Å²) in [6.45, 7) is 2.15. The molecule has 0 bridgehead atoms. The minimum atomic E-state index is -4.01. The molecule has 208 valence electrons. The Hall–Kier alpha value is -4.47. The molecule has 0 N–H and O–H groups in total. The molecule has 0 radical (unpaired) electrons. The van der Waals surface area contributed by atoms with Crippen LogP contribution in [0.4, 0.5) is 0 Å². The summed E-state index contributed by atoms with van der Waals surface area (Å²) in [5, 5.41) is 0. The smallest absolute Gasteiger partial charge is 0.507 e. The number of benzene rings is 5. The zero-order valence-corrected chi connectivity index (χ0v) is 25.1. The first-order valence-electron chi connectivity index (χ1n) is 13.9. The van der Waals surface area contributed by atoms with Crippen molar-refractivity contribution >= 4 is 16.4 Å². The number of unbranched alkanes of at least 4 members (excludes halogenated alkanes) is 1. The standard InChI is InChI=1S/C34H34O5Si2/c1-2-3-29-40(35-30-19-9-4-10-20-30,36-31-21-11-5-12-22-31)41(37-32-23-13-6-14-24-32,38-33-25-15-7-16-26-33)39-34-27-17-8-18-28-34/h4-28H,2-3,29H2,1H3. The first-order chi connectivity index (χ1) is 20.2. The Labute approximate surface area is 244 Å². The molecule has 5 rings (SSSR count). The van der Waals surface area contributed by atoms with Gasteiger partial charge in [-0.15, -0.1) is 0 Å². The second-order valence-corrected chi connectivity index (χ2v) is 17.7. The van der Waals surface area contributed by atoms with Gasteiger partial charge < -0.3 is 22.1 Å². The predicted octanol–water partition coefficient (Wildman–Crippen LogP) is 8.64. The van der Waals surface area contributed by atoms with Gasteiger partial charge in [-0.25, -0.2) is 0 Å². The molecular weight excluding hydrogens is 545 g/mol. The van der Waals surface area contributed by atoms with Crippen molar-refractivity contribution in [1.29, 1.82) is 0 Å². The van der Waals surface area contributed by atoms with Crippen molar-refractivity contribution in [3.8, 4) is 28.7 Å². The van der Waals surface area contributed by atoms with Crippen LogP contribution >= 0.6 is 0 Å². The van der Waals surface area contributed by atoms with Crippen molar-refractivity contribution in [3.05, 3.63) is 152 Å². The van der Waals surface area contributed by atoms with E-state index in [2.05, 4.69) is 6.92 Å². The molecule has 5 aromatic rings. The molecule has 0 aromatic heterocycles. The average molecular weight is 579 g/mol. The fourth-order valence-electron chi connectivity index (χ4n) is 4.40. The average Bonchev–Trinajstić information content (AvgIpc) is 3.02. The Bertz CT molecular complexity index is 1300. The fourth-order valence-corrected chi connectivity index (χ4v) is 14.3. The molecule has 0 saturated heterocycles. The van der Waals surface area contributed by atoms with Crippen LogP contribution in [0.3, 0.4) is 0 Å². The van der Waals surface area contributed by atoms with E-state index in [0.29, 0.717) is 34.8 Å². The lowest BCUT2D eigenvalue weighted by Gasteiger charge is -2.41. The van der Waals surface area contributed by atoms with Gasteiger partial charge in [0.05, 0.1) is 0 Å². The third kappa shape index (κ3) is 7.19. The lowest BCUT2D eigenvalue weighted by Crippen LogP contribution is -2.80. The maximum absolute atomic E-state index is 7.09. The SMILES string of the molecule is CCCC[Si](Oc1ccccc1)(Oc1ccccc1)[Si](Oc1ccccc1)(Oc1ccccc1)Oc1ccccc1. The highest BCUT2D eigenvalue weighted by atomic mass is 29.3. The number of para-hydroxylation sites is 5. The van der Waals surface area contributed by atoms with Crippen LogP contribution in [0, 0.1) is 0 Å². The Kier molecular flexibility index (Phi) is 9.41. The summed E-state index contributed by atoms with van der Waals surface area (Å²) >= 11 is 0. The predicted molar refractivity (Wildman–Crippen MR) is 167 cm³/mol. The molecule has 0 fully saturated rings. The molecule has 0 aliphatic rings. The van der Waals surface area contributed by atoms with E-state index in [0.717, 1.165) is 12.8 Å². The van der Waals surface area contributed by atoms with Gasteiger partial charge in [0.1, 0.15) is 28.7 Å². The van der Waals surface area contributed by atoms with E-state index < -0.39 is 16.4 Å². The third-order valence-electron chi connectivity index (χ3n) is 6.36. The normalized spacial score (nSPS) is 11.3. The van der Waals surface area contributed by atoms with E-state index in [1.54, 1.807) is 0 Å². The molecule has 7 heteroatoms. The molecule has 41 heavy (non-hydrogen) atoms. The van der Waals surface area contributed by atoms with Gasteiger partial charge in [0.25, 0.3) is 0 Å². The minimum Gasteiger partial charge on any atom is -0.507 e. The first-order valence-corrected chi connectivity index (χ1v) is 18.7. The quantitative estimate of drug-likeness (QED) is 0.123. The lowest BCUT2D eigenvalue weighted by atomic mass is 10.3. The van der Waals surface area contributed by atoms with Gasteiger partial charge >= 0.3 is 16.4 Å². The van der Waals surface area contributed by atoms with Gasteiger partial charge in [0.2, 0.25) is 0 Å². The molecule has 0 spiro atoms. The van der Waals surface area contributed by atoms with Crippen LogP contribution in [0.1, 0.15) is 19.8 Å². The minimum absolute atomic E-state index is 0.575. The number of hydrogen-bond acceptors (Lipinski definition) is 5. The van der Waals surface area contributed by atoms with Gasteiger partial charge in [0, 0.05) is 6.04 Å². The highest BCUT2D eigenvalue weighted by Gasteiger charge is 2.79. The van der Waals surface area contributed by atoms with E-state index in [1.165, 1.54) is 0 Å². The maximum atomic E-state index is 7.09. The van der Waals surface area contributed by atoms with E-state index in [9.17, 15) is 0 Å². The first kappa shape index (κ1) is 28.1. The van der Waals surface area contributed by atoms with Crippen molar-refractivity contribution in [2.24, 2.45) is 0 Å². The van der Waals surface area contributed by atoms with Crippen LogP contribution in [0.15, 0.2) is 152 Å². The summed E-state index contributed by atoms with van der Waals surface area (Å²) in [5.74, 6) is 3.20. The van der Waals surface area contributed by atoms with Gasteiger partial charge in [0.15, 0.2) is 0 Å². The topological polar surface area (TPSA) is 46.2 Å². The van der Waals surface area contributed by atoms with Crippen molar-refractivity contribution < 1.29 is 22.1 Å². The Balaban J connectivity index is 1.77. The lowest BCUT2D eigenvalue weighted by molar-refractivity contribution is 0.253. The third-order valence-corrected chi connectivity index (χ3v) is 16.0. The van der Waals surface area contributed by atoms with Crippen molar-refractivity contribution in [3.63, 3.8) is 0 Å². The van der Waals surface area contributed by atoms with Crippen LogP contribution < -0.4 is 22.1 Å². The molecule has 0 saturated carbocycles. The molecule has 5 aromatic carbocycles. The largest absolute Gasteiger partial charge is 0.759 e. The summed E-state index contributed by atoms with van der Waals surface area (Å²) < 4.78 is 35.3. The monoisotopic (exact) mass is 578 g/mol. The molecule has 0 amide bonds. The van der Waals surface area contributed by atoms with Crippen LogP contribution in [0.25, 0.3) is 0 Å². The van der Waals surface area contributed by atoms with Gasteiger partial charge in [-0.05, 0) is 67.1 Å². The second-order valence-electron chi connectivity index (χ2n) is 9.49. The van der Waals surface area contributed by atoms with Crippen molar-refractivity contribution in [2.45, 2.75) is 25.8 Å². The Morgan fingerprint density at radius 1 is 0.390 bits per heavy atom. The van der Waals surface area contributed by atoms with Gasteiger partial charge in [-0.1, -0.05) is 104 Å². The van der Waals surface area contributed by atoms with Gasteiger partial charge in [-0.2, -0.15) is 0 Å². The summed E-state index contributed by atoms with van der Waals surface area (Å²) in [6.07, 6.45) is 1.76. The molecule has 0 atom stereocenters. The van der Waals surface area contributed by atoms with Crippen LogP contribution in [0.2, 0.25) is 6.04 Å².